The van der Waals surface area contributed by atoms with Gasteiger partial charge in [-0.05, 0) is 43.4 Å². The van der Waals surface area contributed by atoms with Crippen molar-refractivity contribution >= 4 is 41.4 Å². The zero-order valence-electron chi connectivity index (χ0n) is 25.3. The van der Waals surface area contributed by atoms with Gasteiger partial charge >= 0.3 is 0 Å². The lowest BCUT2D eigenvalue weighted by Gasteiger charge is -2.28. The number of rotatable bonds is 19. The molecule has 0 saturated heterocycles. The number of phenols is 1. The fraction of sp³-hybridized carbons (Fsp3) is 0.536. The highest BCUT2D eigenvalue weighted by Gasteiger charge is 2.33. The first kappa shape index (κ1) is 37.1. The lowest BCUT2D eigenvalue weighted by Crippen LogP contribution is -2.59. The number of nitrogens with two attached hydrogens (primary N) is 4. The maximum absolute atomic E-state index is 13.6. The Morgan fingerprint density at radius 2 is 1.43 bits per heavy atom. The van der Waals surface area contributed by atoms with Crippen LogP contribution in [0.3, 0.4) is 0 Å². The van der Waals surface area contributed by atoms with E-state index < -0.39 is 66.0 Å². The average Bonchev–Trinajstić information content (AvgIpc) is 2.94. The maximum atomic E-state index is 13.6. The molecule has 0 bridgehead atoms. The number of carbonyl (C=O) groups is 6. The van der Waals surface area contributed by atoms with E-state index in [-0.39, 0.29) is 30.5 Å². The number of carbonyl (C=O) groups excluding carboxylic acids is 6. The third kappa shape index (κ3) is 13.8. The predicted octanol–water partition coefficient (Wildman–Crippen LogP) is -2.26. The fourth-order valence-corrected chi connectivity index (χ4v) is 3.96. The average molecular weight is 620 g/mol. The highest BCUT2D eigenvalue weighted by atomic mass is 16.3. The minimum Gasteiger partial charge on any atom is -0.508 e. The molecule has 0 fully saturated rings. The van der Waals surface area contributed by atoms with Crippen molar-refractivity contribution < 1.29 is 33.9 Å². The molecular formula is C28H45N9O7. The molecule has 1 aromatic carbocycles. The van der Waals surface area contributed by atoms with E-state index in [4.69, 9.17) is 22.9 Å². The van der Waals surface area contributed by atoms with E-state index in [0.717, 1.165) is 0 Å². The molecule has 244 valence electrons. The van der Waals surface area contributed by atoms with Gasteiger partial charge in [-0.2, -0.15) is 0 Å². The highest BCUT2D eigenvalue weighted by Crippen LogP contribution is 2.13. The van der Waals surface area contributed by atoms with Gasteiger partial charge in [0, 0.05) is 19.4 Å². The third-order valence-electron chi connectivity index (χ3n) is 6.75. The number of nitrogens with zero attached hydrogens (tertiary/aromatic N) is 1. The first-order chi connectivity index (χ1) is 20.6. The van der Waals surface area contributed by atoms with Gasteiger partial charge in [0.1, 0.15) is 29.9 Å². The van der Waals surface area contributed by atoms with Gasteiger partial charge in [0.15, 0.2) is 5.96 Å². The minimum atomic E-state index is -1.39. The van der Waals surface area contributed by atoms with E-state index in [0.29, 0.717) is 31.4 Å². The lowest BCUT2D eigenvalue weighted by molar-refractivity contribution is -0.135. The van der Waals surface area contributed by atoms with E-state index in [2.05, 4.69) is 26.3 Å². The Hall–Kier alpha value is -4.89. The quantitative estimate of drug-likeness (QED) is 0.0458. The van der Waals surface area contributed by atoms with Crippen LogP contribution in [0.4, 0.5) is 0 Å². The van der Waals surface area contributed by atoms with Crippen molar-refractivity contribution in [1.29, 1.82) is 0 Å². The number of benzene rings is 1. The molecule has 0 aliphatic carbocycles. The molecule has 16 nitrogen and oxygen atoms in total. The molecule has 5 atom stereocenters. The number of amides is 6. The Morgan fingerprint density at radius 3 is 1.98 bits per heavy atom. The van der Waals surface area contributed by atoms with Crippen molar-refractivity contribution in [3.05, 3.63) is 29.8 Å². The molecule has 0 aromatic heterocycles. The van der Waals surface area contributed by atoms with Crippen LogP contribution in [0, 0.1) is 5.92 Å². The number of guanidine groups is 1. The summed E-state index contributed by atoms with van der Waals surface area (Å²) in [5.74, 6) is -4.88. The van der Waals surface area contributed by atoms with Gasteiger partial charge in [-0.15, -0.1) is 0 Å². The third-order valence-corrected chi connectivity index (χ3v) is 6.75. The lowest BCUT2D eigenvalue weighted by atomic mass is 9.96. The molecule has 0 heterocycles. The monoisotopic (exact) mass is 619 g/mol. The zero-order chi connectivity index (χ0) is 33.4. The van der Waals surface area contributed by atoms with Crippen LogP contribution in [0.25, 0.3) is 0 Å². The van der Waals surface area contributed by atoms with Crippen LogP contribution in [0.15, 0.2) is 29.3 Å². The molecule has 0 radical (unpaired) electrons. The number of aliphatic imine (C=N–C) groups is 1. The molecule has 13 N–H and O–H groups in total. The van der Waals surface area contributed by atoms with Crippen LogP contribution < -0.4 is 44.2 Å². The standard InChI is InChI=1S/C28H45N9O7/c1-4-15(2)23(27(44)34-16(3)24(30)41)37-26(43)19(13-17-8-10-18(38)11-9-17)36-25(42)20(14-21(29)39)35-22(40)7-5-6-12-33-28(31)32/h8-11,15-16,19-20,23,38H,4-7,12-14H2,1-3H3,(H2,29,39)(H2,30,41)(H,34,44)(H,35,40)(H,36,42)(H,37,43)(H4,31,32,33)/t15-,16-,19-,20-,23-/m0/s1. The molecule has 0 aliphatic rings. The number of hydrogen-bond acceptors (Lipinski definition) is 8. The summed E-state index contributed by atoms with van der Waals surface area (Å²) < 4.78 is 0. The Bertz CT molecular complexity index is 1190. The van der Waals surface area contributed by atoms with Crippen LogP contribution in [0.1, 0.15) is 58.4 Å². The molecule has 0 saturated carbocycles. The van der Waals surface area contributed by atoms with Gasteiger partial charge in [-0.3, -0.25) is 33.8 Å². The number of hydrogen-bond donors (Lipinski definition) is 9. The molecule has 0 spiro atoms. The van der Waals surface area contributed by atoms with Crippen molar-refractivity contribution in [1.82, 2.24) is 21.3 Å². The van der Waals surface area contributed by atoms with E-state index in [9.17, 15) is 33.9 Å². The van der Waals surface area contributed by atoms with Crippen molar-refractivity contribution in [3.63, 3.8) is 0 Å². The van der Waals surface area contributed by atoms with Crippen LogP contribution in [-0.4, -0.2) is 77.2 Å². The number of aromatic hydroxyl groups is 1. The maximum Gasteiger partial charge on any atom is 0.243 e. The molecule has 1 rings (SSSR count). The summed E-state index contributed by atoms with van der Waals surface area (Å²) in [6.07, 6.45) is 0.768. The second-order valence-corrected chi connectivity index (χ2v) is 10.5. The first-order valence-corrected chi connectivity index (χ1v) is 14.3. The summed E-state index contributed by atoms with van der Waals surface area (Å²) in [6, 6.07) is 1.12. The van der Waals surface area contributed by atoms with E-state index in [1.165, 1.54) is 19.1 Å². The summed E-state index contributed by atoms with van der Waals surface area (Å²) in [5.41, 5.74) is 21.7. The van der Waals surface area contributed by atoms with Crippen LogP contribution in [0.2, 0.25) is 0 Å². The van der Waals surface area contributed by atoms with E-state index >= 15 is 0 Å². The normalized spacial score (nSPS) is 14.1. The minimum absolute atomic E-state index is 0.00931. The summed E-state index contributed by atoms with van der Waals surface area (Å²) in [5, 5.41) is 19.8. The van der Waals surface area contributed by atoms with Crippen molar-refractivity contribution in [3.8, 4) is 5.75 Å². The van der Waals surface area contributed by atoms with Crippen LogP contribution in [-0.2, 0) is 35.2 Å². The van der Waals surface area contributed by atoms with E-state index in [1.54, 1.807) is 19.1 Å². The second-order valence-electron chi connectivity index (χ2n) is 10.5. The zero-order valence-corrected chi connectivity index (χ0v) is 25.3. The van der Waals surface area contributed by atoms with Gasteiger partial charge < -0.3 is 49.3 Å². The molecule has 0 unspecified atom stereocenters. The van der Waals surface area contributed by atoms with Gasteiger partial charge in [0.2, 0.25) is 35.4 Å². The van der Waals surface area contributed by atoms with Crippen molar-refractivity contribution in [2.45, 2.75) is 83.5 Å². The first-order valence-electron chi connectivity index (χ1n) is 14.3. The van der Waals surface area contributed by atoms with Gasteiger partial charge in [-0.1, -0.05) is 32.4 Å². The van der Waals surface area contributed by atoms with Crippen LogP contribution >= 0.6 is 0 Å². The largest absolute Gasteiger partial charge is 0.508 e. The Labute approximate surface area is 256 Å². The Kier molecular flexibility index (Phi) is 15.7. The second kappa shape index (κ2) is 18.6. The van der Waals surface area contributed by atoms with Gasteiger partial charge in [0.25, 0.3) is 0 Å². The molecule has 16 heteroatoms. The predicted molar refractivity (Wildman–Crippen MR) is 162 cm³/mol. The van der Waals surface area contributed by atoms with Crippen LogP contribution in [0.5, 0.6) is 5.75 Å². The molecular weight excluding hydrogens is 574 g/mol. The molecule has 1 aromatic rings. The van der Waals surface area contributed by atoms with Crippen molar-refractivity contribution in [2.75, 3.05) is 6.54 Å². The van der Waals surface area contributed by atoms with Crippen molar-refractivity contribution in [2.24, 2.45) is 33.8 Å². The number of unbranched alkanes of at least 4 members (excludes halogenated alkanes) is 1. The number of phenolic OH excluding ortho intramolecular Hbond substituents is 1. The summed E-state index contributed by atoms with van der Waals surface area (Å²) in [6.45, 7) is 5.25. The number of nitrogens with one attached hydrogen (secondary N) is 4. The smallest absolute Gasteiger partial charge is 0.243 e. The van der Waals surface area contributed by atoms with Gasteiger partial charge in [-0.25, -0.2) is 0 Å². The van der Waals surface area contributed by atoms with E-state index in [1.807, 2.05) is 6.92 Å². The topological polar surface area (TPSA) is 287 Å². The summed E-state index contributed by atoms with van der Waals surface area (Å²) >= 11 is 0. The SMILES string of the molecule is CC[C@H](C)[C@H](NC(=O)[C@H](Cc1ccc(O)cc1)NC(=O)[C@H](CC(N)=O)NC(=O)CCCCN=C(N)N)C(=O)N[C@@H](C)C(N)=O. The molecule has 0 aliphatic heterocycles. The summed E-state index contributed by atoms with van der Waals surface area (Å²) in [4.78, 5) is 79.5. The fourth-order valence-electron chi connectivity index (χ4n) is 3.96. The number of primary amides is 2. The molecule has 6 amide bonds. The molecule has 44 heavy (non-hydrogen) atoms. The highest BCUT2D eigenvalue weighted by molar-refractivity contribution is 5.96. The van der Waals surface area contributed by atoms with Gasteiger partial charge in [0.05, 0.1) is 6.42 Å². The Balaban J connectivity index is 3.18. The Morgan fingerprint density at radius 1 is 0.818 bits per heavy atom. The summed E-state index contributed by atoms with van der Waals surface area (Å²) in [7, 11) is 0.